The van der Waals surface area contributed by atoms with E-state index in [0.29, 0.717) is 33.4 Å². The van der Waals surface area contributed by atoms with E-state index in [9.17, 15) is 9.59 Å². The highest BCUT2D eigenvalue weighted by molar-refractivity contribution is 7.14. The van der Waals surface area contributed by atoms with E-state index in [0.717, 1.165) is 0 Å². The molecule has 9 heteroatoms. The number of nitrogens with zero attached hydrogens (tertiary/aromatic N) is 1. The zero-order chi connectivity index (χ0) is 21.4. The molecule has 0 aliphatic heterocycles. The lowest BCUT2D eigenvalue weighted by Crippen LogP contribution is -2.29. The molecule has 0 aliphatic carbocycles. The summed E-state index contributed by atoms with van der Waals surface area (Å²) in [6.07, 6.45) is 1.62. The maximum Gasteiger partial charge on any atom is 0.331 e. The van der Waals surface area contributed by atoms with Gasteiger partial charge in [0.25, 0.3) is 5.91 Å². The fraction of sp³-hybridized carbons (Fsp3) is 0.250. The Kier molecular flexibility index (Phi) is 7.62. The van der Waals surface area contributed by atoms with Gasteiger partial charge in [-0.1, -0.05) is 0 Å². The monoisotopic (exact) mass is 416 g/mol. The maximum absolute atomic E-state index is 12.2. The van der Waals surface area contributed by atoms with E-state index < -0.39 is 18.0 Å². The summed E-state index contributed by atoms with van der Waals surface area (Å²) < 4.78 is 20.9. The number of benzene rings is 1. The standard InChI is InChI=1S/C20H20N2O6S/c1-12(19(24)22-20-14(11-21)7-8-29-20)28-18(23)6-5-13-9-16(26-3)17(27-4)10-15(13)25-2/h5-10,12H,1-4H3,(H,22,24)/b6-5+/t12-/m0/s1. The first-order chi connectivity index (χ1) is 13.9. The van der Waals surface area contributed by atoms with E-state index in [1.54, 1.807) is 23.6 Å². The van der Waals surface area contributed by atoms with Gasteiger partial charge in [0.2, 0.25) is 0 Å². The normalized spacial score (nSPS) is 11.4. The highest BCUT2D eigenvalue weighted by Crippen LogP contribution is 2.35. The maximum atomic E-state index is 12.2. The molecule has 0 bridgehead atoms. The number of thiophene rings is 1. The quantitative estimate of drug-likeness (QED) is 0.520. The number of esters is 1. The lowest BCUT2D eigenvalue weighted by Gasteiger charge is -2.13. The van der Waals surface area contributed by atoms with Crippen LogP contribution in [0.4, 0.5) is 5.00 Å². The molecule has 1 heterocycles. The van der Waals surface area contributed by atoms with Gasteiger partial charge < -0.3 is 24.3 Å². The number of methoxy groups -OCH3 is 3. The number of anilines is 1. The molecular weight excluding hydrogens is 396 g/mol. The third kappa shape index (κ3) is 5.49. The van der Waals surface area contributed by atoms with Crippen LogP contribution in [0.5, 0.6) is 17.2 Å². The molecule has 2 rings (SSSR count). The summed E-state index contributed by atoms with van der Waals surface area (Å²) >= 11 is 1.21. The molecule has 0 unspecified atom stereocenters. The van der Waals surface area contributed by atoms with Crippen LogP contribution in [0, 0.1) is 11.3 Å². The first kappa shape index (κ1) is 21.8. The summed E-state index contributed by atoms with van der Waals surface area (Å²) in [5, 5.41) is 13.6. The fourth-order valence-corrected chi connectivity index (χ4v) is 3.06. The number of rotatable bonds is 8. The van der Waals surface area contributed by atoms with Gasteiger partial charge in [0.15, 0.2) is 17.6 Å². The van der Waals surface area contributed by atoms with Crippen molar-refractivity contribution in [2.24, 2.45) is 0 Å². The van der Waals surface area contributed by atoms with E-state index >= 15 is 0 Å². The van der Waals surface area contributed by atoms with Crippen LogP contribution in [0.2, 0.25) is 0 Å². The van der Waals surface area contributed by atoms with Crippen LogP contribution in [0.3, 0.4) is 0 Å². The van der Waals surface area contributed by atoms with Gasteiger partial charge in [-0.05, 0) is 30.5 Å². The Hall–Kier alpha value is -3.51. The number of carbonyl (C=O) groups is 2. The number of carbonyl (C=O) groups excluding carboxylic acids is 2. The van der Waals surface area contributed by atoms with Gasteiger partial charge in [0.1, 0.15) is 16.8 Å². The largest absolute Gasteiger partial charge is 0.496 e. The molecule has 0 aliphatic rings. The smallest absolute Gasteiger partial charge is 0.331 e. The zero-order valence-corrected chi connectivity index (χ0v) is 17.2. The van der Waals surface area contributed by atoms with E-state index in [1.807, 2.05) is 6.07 Å². The third-order valence-electron chi connectivity index (χ3n) is 3.82. The summed E-state index contributed by atoms with van der Waals surface area (Å²) in [5.41, 5.74) is 0.916. The number of nitrogens with one attached hydrogen (secondary N) is 1. The summed E-state index contributed by atoms with van der Waals surface area (Å²) in [5.74, 6) is 0.183. The number of ether oxygens (including phenoxy) is 4. The Balaban J connectivity index is 2.05. The van der Waals surface area contributed by atoms with Gasteiger partial charge in [-0.15, -0.1) is 11.3 Å². The molecule has 1 aromatic heterocycles. The van der Waals surface area contributed by atoms with Gasteiger partial charge in [0, 0.05) is 17.7 Å². The predicted molar refractivity (Wildman–Crippen MR) is 108 cm³/mol. The Morgan fingerprint density at radius 3 is 2.41 bits per heavy atom. The molecule has 1 aromatic carbocycles. The second-order valence-electron chi connectivity index (χ2n) is 5.63. The average molecular weight is 416 g/mol. The van der Waals surface area contributed by atoms with E-state index in [-0.39, 0.29) is 0 Å². The van der Waals surface area contributed by atoms with Crippen molar-refractivity contribution in [1.82, 2.24) is 0 Å². The van der Waals surface area contributed by atoms with Crippen molar-refractivity contribution in [3.05, 3.63) is 40.8 Å². The Morgan fingerprint density at radius 1 is 1.14 bits per heavy atom. The summed E-state index contributed by atoms with van der Waals surface area (Å²) in [7, 11) is 4.49. The van der Waals surface area contributed by atoms with Gasteiger partial charge in [-0.25, -0.2) is 4.79 Å². The second kappa shape index (κ2) is 10.1. The highest BCUT2D eigenvalue weighted by atomic mass is 32.1. The second-order valence-corrected chi connectivity index (χ2v) is 6.54. The van der Waals surface area contributed by atoms with Gasteiger partial charge in [-0.2, -0.15) is 5.26 Å². The first-order valence-electron chi connectivity index (χ1n) is 8.40. The molecular formula is C20H20N2O6S. The van der Waals surface area contributed by atoms with Gasteiger partial charge in [0.05, 0.1) is 26.9 Å². The summed E-state index contributed by atoms with van der Waals surface area (Å²) in [6.45, 7) is 1.44. The van der Waals surface area contributed by atoms with Crippen molar-refractivity contribution < 1.29 is 28.5 Å². The molecule has 0 spiro atoms. The Bertz CT molecular complexity index is 960. The summed E-state index contributed by atoms with van der Waals surface area (Å²) in [6, 6.07) is 6.85. The zero-order valence-electron chi connectivity index (χ0n) is 16.3. The van der Waals surface area contributed by atoms with E-state index in [4.69, 9.17) is 24.2 Å². The molecule has 0 saturated heterocycles. The molecule has 0 saturated carbocycles. The van der Waals surface area contributed by atoms with Crippen molar-refractivity contribution in [2.75, 3.05) is 26.6 Å². The topological polar surface area (TPSA) is 107 Å². The Labute approximate surface area is 172 Å². The molecule has 2 aromatic rings. The molecule has 8 nitrogen and oxygen atoms in total. The Morgan fingerprint density at radius 2 is 1.79 bits per heavy atom. The third-order valence-corrected chi connectivity index (χ3v) is 4.65. The van der Waals surface area contributed by atoms with Crippen LogP contribution < -0.4 is 19.5 Å². The number of amides is 1. The van der Waals surface area contributed by atoms with Gasteiger partial charge in [-0.3, -0.25) is 4.79 Å². The fourth-order valence-electron chi connectivity index (χ4n) is 2.32. The predicted octanol–water partition coefficient (Wildman–Crippen LogP) is 3.23. The van der Waals surface area contributed by atoms with Crippen molar-refractivity contribution in [3.63, 3.8) is 0 Å². The molecule has 1 atom stereocenters. The lowest BCUT2D eigenvalue weighted by atomic mass is 10.1. The minimum absolute atomic E-state index is 0.349. The molecule has 0 fully saturated rings. The van der Waals surface area contributed by atoms with Crippen molar-refractivity contribution >= 4 is 34.3 Å². The molecule has 1 amide bonds. The van der Waals surface area contributed by atoms with E-state index in [2.05, 4.69) is 5.32 Å². The van der Waals surface area contributed by atoms with Crippen LogP contribution in [-0.2, 0) is 14.3 Å². The van der Waals surface area contributed by atoms with Gasteiger partial charge >= 0.3 is 5.97 Å². The van der Waals surface area contributed by atoms with Crippen LogP contribution in [0.1, 0.15) is 18.1 Å². The van der Waals surface area contributed by atoms with Crippen LogP contribution in [0.15, 0.2) is 29.7 Å². The summed E-state index contributed by atoms with van der Waals surface area (Å²) in [4.78, 5) is 24.3. The molecule has 1 N–H and O–H groups in total. The average Bonchev–Trinajstić information content (AvgIpc) is 3.18. The molecule has 152 valence electrons. The lowest BCUT2D eigenvalue weighted by molar-refractivity contribution is -0.148. The number of hydrogen-bond donors (Lipinski definition) is 1. The highest BCUT2D eigenvalue weighted by Gasteiger charge is 2.19. The van der Waals surface area contributed by atoms with Crippen LogP contribution in [-0.4, -0.2) is 39.3 Å². The minimum atomic E-state index is -1.05. The molecule has 29 heavy (non-hydrogen) atoms. The van der Waals surface area contributed by atoms with Crippen LogP contribution in [0.25, 0.3) is 6.08 Å². The minimum Gasteiger partial charge on any atom is -0.496 e. The SMILES string of the molecule is COc1cc(OC)c(OC)cc1/C=C/C(=O)O[C@@H](C)C(=O)Nc1sccc1C#N. The van der Waals surface area contributed by atoms with Crippen molar-refractivity contribution in [3.8, 4) is 23.3 Å². The van der Waals surface area contributed by atoms with E-state index in [1.165, 1.54) is 51.7 Å². The van der Waals surface area contributed by atoms with Crippen molar-refractivity contribution in [2.45, 2.75) is 13.0 Å². The first-order valence-corrected chi connectivity index (χ1v) is 9.28. The number of hydrogen-bond acceptors (Lipinski definition) is 8. The molecule has 0 radical (unpaired) electrons. The van der Waals surface area contributed by atoms with Crippen molar-refractivity contribution in [1.29, 1.82) is 5.26 Å². The number of nitriles is 1. The van der Waals surface area contributed by atoms with Crippen LogP contribution >= 0.6 is 11.3 Å².